The van der Waals surface area contributed by atoms with Crippen LogP contribution in [-0.2, 0) is 0 Å². The summed E-state index contributed by atoms with van der Waals surface area (Å²) >= 11 is 6.59. The number of benzene rings is 4. The van der Waals surface area contributed by atoms with Crippen LogP contribution in [0.25, 0.3) is 21.5 Å². The number of carbonyl (C=O) groups excluding carboxylic acids is 1. The monoisotopic (exact) mass is 374 g/mol. The summed E-state index contributed by atoms with van der Waals surface area (Å²) in [5.74, 6) is -0.369. The van der Waals surface area contributed by atoms with E-state index in [-0.39, 0.29) is 5.75 Å². The van der Waals surface area contributed by atoms with Gasteiger partial charge in [-0.15, -0.1) is 0 Å². The minimum absolute atomic E-state index is 0.0290. The maximum atomic E-state index is 12.2. The van der Waals surface area contributed by atoms with Gasteiger partial charge in [0.05, 0.1) is 11.2 Å². The van der Waals surface area contributed by atoms with Crippen molar-refractivity contribution >= 4 is 45.3 Å². The molecule has 0 aliphatic rings. The summed E-state index contributed by atoms with van der Waals surface area (Å²) in [6, 6.07) is 21.8. The first kappa shape index (κ1) is 17.1. The minimum atomic E-state index is -0.398. The molecule has 4 aromatic rings. The smallest absolute Gasteiger partial charge is 0.271 e. The van der Waals surface area contributed by atoms with Crippen LogP contribution in [-0.4, -0.2) is 17.2 Å². The number of hydrogen-bond acceptors (Lipinski definition) is 3. The molecule has 0 spiro atoms. The lowest BCUT2D eigenvalue weighted by Gasteiger charge is -2.10. The lowest BCUT2D eigenvalue weighted by Crippen LogP contribution is -2.17. The molecule has 0 aromatic heterocycles. The molecule has 0 bridgehead atoms. The average molecular weight is 375 g/mol. The first-order valence-electron chi connectivity index (χ1n) is 8.36. The lowest BCUT2D eigenvalue weighted by atomic mass is 9.97. The van der Waals surface area contributed by atoms with Gasteiger partial charge in [-0.1, -0.05) is 66.2 Å². The second-order valence-corrected chi connectivity index (χ2v) is 6.45. The highest BCUT2D eigenvalue weighted by atomic mass is 35.5. The first-order chi connectivity index (χ1) is 13.1. The van der Waals surface area contributed by atoms with Gasteiger partial charge in [0.15, 0.2) is 0 Å². The van der Waals surface area contributed by atoms with Crippen molar-refractivity contribution in [2.75, 3.05) is 0 Å². The molecule has 0 saturated carbocycles. The fraction of sp³-hybridized carbons (Fsp3) is 0. The molecule has 0 aliphatic heterocycles. The fourth-order valence-electron chi connectivity index (χ4n) is 3.12. The molecule has 0 atom stereocenters. The fourth-order valence-corrected chi connectivity index (χ4v) is 3.44. The van der Waals surface area contributed by atoms with Gasteiger partial charge in [0.1, 0.15) is 5.75 Å². The quantitative estimate of drug-likeness (QED) is 0.297. The van der Waals surface area contributed by atoms with Gasteiger partial charge >= 0.3 is 0 Å². The number of halogens is 1. The molecule has 0 fully saturated rings. The summed E-state index contributed by atoms with van der Waals surface area (Å²) in [6.07, 6.45) is 1.63. The van der Waals surface area contributed by atoms with Gasteiger partial charge in [-0.05, 0) is 29.0 Å². The maximum Gasteiger partial charge on any atom is 0.271 e. The van der Waals surface area contributed by atoms with Crippen molar-refractivity contribution in [1.82, 2.24) is 5.43 Å². The van der Waals surface area contributed by atoms with E-state index in [2.05, 4.69) is 10.5 Å². The Morgan fingerprint density at radius 2 is 1.48 bits per heavy atom. The molecular formula is C22H15ClN2O2. The molecule has 0 heterocycles. The molecule has 0 unspecified atom stereocenters. The highest BCUT2D eigenvalue weighted by Gasteiger charge is 2.11. The summed E-state index contributed by atoms with van der Waals surface area (Å²) in [5, 5.41) is 18.1. The van der Waals surface area contributed by atoms with Crippen molar-refractivity contribution < 1.29 is 9.90 Å². The summed E-state index contributed by atoms with van der Waals surface area (Å²) in [7, 11) is 0. The third kappa shape index (κ3) is 3.23. The number of nitrogens with one attached hydrogen (secondary N) is 1. The lowest BCUT2D eigenvalue weighted by molar-refractivity contribution is 0.0954. The second-order valence-electron chi connectivity index (χ2n) is 6.07. The minimum Gasteiger partial charge on any atom is -0.508 e. The molecule has 5 heteroatoms. The number of phenolic OH excluding ortho intramolecular Hbond substituents is 1. The van der Waals surface area contributed by atoms with Crippen molar-refractivity contribution in [3.8, 4) is 5.75 Å². The number of aromatic hydroxyl groups is 1. The molecule has 4 nitrogen and oxygen atoms in total. The van der Waals surface area contributed by atoms with Crippen molar-refractivity contribution in [1.29, 1.82) is 0 Å². The van der Waals surface area contributed by atoms with Gasteiger partial charge in [-0.2, -0.15) is 5.10 Å². The van der Waals surface area contributed by atoms with E-state index in [1.807, 2.05) is 48.5 Å². The number of rotatable bonds is 3. The van der Waals surface area contributed by atoms with Crippen LogP contribution in [0.5, 0.6) is 5.75 Å². The van der Waals surface area contributed by atoms with E-state index in [1.165, 1.54) is 12.1 Å². The predicted octanol–water partition coefficient (Wildman–Crippen LogP) is 5.12. The first-order valence-corrected chi connectivity index (χ1v) is 8.74. The SMILES string of the molecule is O=C(N/N=C\c1c2ccccc2c(Cl)c2ccccc12)c1cccc(O)c1. The predicted molar refractivity (Wildman–Crippen MR) is 110 cm³/mol. The van der Waals surface area contributed by atoms with Crippen LogP contribution in [0, 0.1) is 0 Å². The van der Waals surface area contributed by atoms with Gasteiger partial charge < -0.3 is 5.11 Å². The van der Waals surface area contributed by atoms with Crippen LogP contribution in [0.2, 0.25) is 5.02 Å². The van der Waals surface area contributed by atoms with Crippen molar-refractivity contribution in [3.05, 3.63) is 88.9 Å². The normalized spacial score (nSPS) is 11.3. The number of nitrogens with zero attached hydrogens (tertiary/aromatic N) is 1. The number of fused-ring (bicyclic) bond motifs is 2. The zero-order valence-electron chi connectivity index (χ0n) is 14.2. The van der Waals surface area contributed by atoms with Crippen LogP contribution >= 0.6 is 11.6 Å². The van der Waals surface area contributed by atoms with E-state index >= 15 is 0 Å². The third-order valence-electron chi connectivity index (χ3n) is 4.38. The number of hydrazone groups is 1. The summed E-state index contributed by atoms with van der Waals surface area (Å²) in [6.45, 7) is 0. The molecule has 0 aliphatic carbocycles. The van der Waals surface area contributed by atoms with Crippen LogP contribution in [0.15, 0.2) is 77.9 Å². The van der Waals surface area contributed by atoms with E-state index in [1.54, 1.807) is 18.3 Å². The largest absolute Gasteiger partial charge is 0.508 e. The number of amides is 1. The maximum absolute atomic E-state index is 12.2. The molecule has 4 aromatic carbocycles. The standard InChI is InChI=1S/C22H15ClN2O2/c23-21-18-10-3-1-8-16(18)20(17-9-2-4-11-19(17)21)13-24-25-22(27)14-6-5-7-15(26)12-14/h1-13,26H,(H,25,27)/b24-13-. The summed E-state index contributed by atoms with van der Waals surface area (Å²) in [4.78, 5) is 12.2. The van der Waals surface area contributed by atoms with Gasteiger partial charge in [-0.3, -0.25) is 4.79 Å². The molecule has 27 heavy (non-hydrogen) atoms. The highest BCUT2D eigenvalue weighted by molar-refractivity contribution is 6.42. The molecule has 1 amide bonds. The number of hydrogen-bond donors (Lipinski definition) is 2. The Hall–Kier alpha value is -3.37. The van der Waals surface area contributed by atoms with E-state index in [0.717, 1.165) is 27.1 Å². The Labute approximate surface area is 160 Å². The molecule has 0 saturated heterocycles. The highest BCUT2D eigenvalue weighted by Crippen LogP contribution is 2.35. The topological polar surface area (TPSA) is 61.7 Å². The van der Waals surface area contributed by atoms with Crippen molar-refractivity contribution in [3.63, 3.8) is 0 Å². The number of carbonyl (C=O) groups is 1. The van der Waals surface area contributed by atoms with Crippen LogP contribution in [0.1, 0.15) is 15.9 Å². The summed E-state index contributed by atoms with van der Waals surface area (Å²) < 4.78 is 0. The second kappa shape index (κ2) is 7.09. The third-order valence-corrected chi connectivity index (χ3v) is 4.78. The van der Waals surface area contributed by atoms with Gasteiger partial charge in [-0.25, -0.2) is 5.43 Å². The Balaban J connectivity index is 1.75. The zero-order valence-corrected chi connectivity index (χ0v) is 14.9. The van der Waals surface area contributed by atoms with E-state index in [9.17, 15) is 9.90 Å². The number of phenols is 1. The Kier molecular flexibility index (Phi) is 4.48. The van der Waals surface area contributed by atoms with E-state index in [4.69, 9.17) is 11.6 Å². The molecule has 4 rings (SSSR count). The van der Waals surface area contributed by atoms with Gasteiger partial charge in [0, 0.05) is 21.9 Å². The molecule has 132 valence electrons. The van der Waals surface area contributed by atoms with Crippen LogP contribution in [0.4, 0.5) is 0 Å². The Morgan fingerprint density at radius 3 is 2.07 bits per heavy atom. The van der Waals surface area contributed by atoms with Crippen LogP contribution < -0.4 is 5.43 Å². The Morgan fingerprint density at radius 1 is 0.889 bits per heavy atom. The van der Waals surface area contributed by atoms with Crippen LogP contribution in [0.3, 0.4) is 0 Å². The molecule has 2 N–H and O–H groups in total. The van der Waals surface area contributed by atoms with E-state index < -0.39 is 5.91 Å². The average Bonchev–Trinajstić information content (AvgIpc) is 2.70. The van der Waals surface area contributed by atoms with Gasteiger partial charge in [0.25, 0.3) is 5.91 Å². The van der Waals surface area contributed by atoms with E-state index in [0.29, 0.717) is 10.6 Å². The summed E-state index contributed by atoms with van der Waals surface area (Å²) in [5.41, 5.74) is 3.71. The molecular weight excluding hydrogens is 360 g/mol. The Bertz CT molecular complexity index is 1140. The molecule has 0 radical (unpaired) electrons. The zero-order chi connectivity index (χ0) is 18.8. The van der Waals surface area contributed by atoms with Crippen molar-refractivity contribution in [2.24, 2.45) is 5.10 Å². The van der Waals surface area contributed by atoms with Crippen molar-refractivity contribution in [2.45, 2.75) is 0 Å². The van der Waals surface area contributed by atoms with Gasteiger partial charge in [0.2, 0.25) is 0 Å².